The SMILES string of the molecule is O=C(COc1ccc(C(=O)c2ccc(Cl)cc2)cc1)Nc1ccccc1F. The van der Waals surface area contributed by atoms with Crippen LogP contribution in [0.4, 0.5) is 10.1 Å². The molecule has 1 amide bonds. The predicted molar refractivity (Wildman–Crippen MR) is 102 cm³/mol. The van der Waals surface area contributed by atoms with Gasteiger partial charge in [-0.05, 0) is 60.7 Å². The number of ketones is 1. The number of nitrogens with one attached hydrogen (secondary N) is 1. The highest BCUT2D eigenvalue weighted by Gasteiger charge is 2.10. The summed E-state index contributed by atoms with van der Waals surface area (Å²) < 4.78 is 18.9. The summed E-state index contributed by atoms with van der Waals surface area (Å²) in [7, 11) is 0. The van der Waals surface area contributed by atoms with Gasteiger partial charge in [-0.25, -0.2) is 4.39 Å². The van der Waals surface area contributed by atoms with Crippen LogP contribution < -0.4 is 10.1 Å². The Kier molecular flexibility index (Phi) is 5.84. The summed E-state index contributed by atoms with van der Waals surface area (Å²) in [6.07, 6.45) is 0. The third kappa shape index (κ3) is 4.92. The van der Waals surface area contributed by atoms with E-state index in [9.17, 15) is 14.0 Å². The summed E-state index contributed by atoms with van der Waals surface area (Å²) in [5.41, 5.74) is 1.10. The number of hydrogen-bond donors (Lipinski definition) is 1. The molecule has 0 heterocycles. The number of carbonyl (C=O) groups is 2. The van der Waals surface area contributed by atoms with Gasteiger partial charge in [0.25, 0.3) is 5.91 Å². The number of anilines is 1. The molecule has 0 radical (unpaired) electrons. The molecule has 0 fully saturated rings. The number of hydrogen-bond acceptors (Lipinski definition) is 3. The summed E-state index contributed by atoms with van der Waals surface area (Å²) in [4.78, 5) is 24.2. The molecule has 0 spiro atoms. The van der Waals surface area contributed by atoms with Crippen molar-refractivity contribution in [2.45, 2.75) is 0 Å². The molecule has 0 aromatic heterocycles. The van der Waals surface area contributed by atoms with Crippen LogP contribution in [0.2, 0.25) is 5.02 Å². The van der Waals surface area contributed by atoms with Crippen LogP contribution in [-0.2, 0) is 4.79 Å². The summed E-state index contributed by atoms with van der Waals surface area (Å²) >= 11 is 5.82. The second-order valence-electron chi connectivity index (χ2n) is 5.68. The van der Waals surface area contributed by atoms with Gasteiger partial charge < -0.3 is 10.1 Å². The number of amides is 1. The summed E-state index contributed by atoms with van der Waals surface area (Å²) in [6, 6.07) is 18.9. The van der Waals surface area contributed by atoms with Crippen LogP contribution >= 0.6 is 11.6 Å². The molecule has 0 aliphatic heterocycles. The second kappa shape index (κ2) is 8.47. The molecule has 136 valence electrons. The predicted octanol–water partition coefficient (Wildman–Crippen LogP) is 4.73. The maximum atomic E-state index is 13.5. The molecule has 27 heavy (non-hydrogen) atoms. The van der Waals surface area contributed by atoms with Gasteiger partial charge in [-0.3, -0.25) is 9.59 Å². The van der Waals surface area contributed by atoms with Gasteiger partial charge in [-0.2, -0.15) is 0 Å². The zero-order valence-corrected chi connectivity index (χ0v) is 14.9. The molecular weight excluding hydrogens is 369 g/mol. The van der Waals surface area contributed by atoms with E-state index >= 15 is 0 Å². The van der Waals surface area contributed by atoms with Crippen molar-refractivity contribution < 1.29 is 18.7 Å². The van der Waals surface area contributed by atoms with E-state index in [0.29, 0.717) is 21.9 Å². The van der Waals surface area contributed by atoms with Gasteiger partial charge >= 0.3 is 0 Å². The minimum atomic E-state index is -0.518. The van der Waals surface area contributed by atoms with Gasteiger partial charge in [0.2, 0.25) is 0 Å². The minimum absolute atomic E-state index is 0.0926. The molecule has 0 saturated heterocycles. The lowest BCUT2D eigenvalue weighted by Crippen LogP contribution is -2.20. The lowest BCUT2D eigenvalue weighted by Gasteiger charge is -2.09. The Balaban J connectivity index is 1.57. The number of rotatable bonds is 6. The second-order valence-corrected chi connectivity index (χ2v) is 6.11. The fourth-order valence-corrected chi connectivity index (χ4v) is 2.49. The lowest BCUT2D eigenvalue weighted by molar-refractivity contribution is -0.118. The molecule has 1 N–H and O–H groups in total. The molecule has 3 aromatic rings. The van der Waals surface area contributed by atoms with Gasteiger partial charge in [-0.1, -0.05) is 23.7 Å². The molecule has 0 atom stereocenters. The monoisotopic (exact) mass is 383 g/mol. The average molecular weight is 384 g/mol. The molecule has 3 rings (SSSR count). The van der Waals surface area contributed by atoms with Crippen LogP contribution in [0.5, 0.6) is 5.75 Å². The maximum absolute atomic E-state index is 13.5. The quantitative estimate of drug-likeness (QED) is 0.626. The van der Waals surface area contributed by atoms with Crippen LogP contribution in [0.25, 0.3) is 0 Å². The van der Waals surface area contributed by atoms with Crippen molar-refractivity contribution in [3.63, 3.8) is 0 Å². The number of para-hydroxylation sites is 1. The van der Waals surface area contributed by atoms with E-state index < -0.39 is 11.7 Å². The van der Waals surface area contributed by atoms with Crippen molar-refractivity contribution in [3.05, 3.63) is 94.8 Å². The third-order valence-electron chi connectivity index (χ3n) is 3.74. The number of carbonyl (C=O) groups excluding carboxylic acids is 2. The molecule has 0 aliphatic carbocycles. The van der Waals surface area contributed by atoms with E-state index in [2.05, 4.69) is 5.32 Å². The third-order valence-corrected chi connectivity index (χ3v) is 3.99. The topological polar surface area (TPSA) is 55.4 Å². The Morgan fingerprint density at radius 1 is 0.889 bits per heavy atom. The molecule has 0 bridgehead atoms. The first kappa shape index (κ1) is 18.6. The van der Waals surface area contributed by atoms with Crippen molar-refractivity contribution in [2.75, 3.05) is 11.9 Å². The lowest BCUT2D eigenvalue weighted by atomic mass is 10.0. The van der Waals surface area contributed by atoms with Crippen molar-refractivity contribution in [3.8, 4) is 5.75 Å². The summed E-state index contributed by atoms with van der Waals surface area (Å²) in [5.74, 6) is -0.723. The van der Waals surface area contributed by atoms with E-state index in [1.807, 2.05) is 0 Å². The van der Waals surface area contributed by atoms with E-state index in [1.165, 1.54) is 18.2 Å². The van der Waals surface area contributed by atoms with Crippen LogP contribution in [0, 0.1) is 5.82 Å². The smallest absolute Gasteiger partial charge is 0.262 e. The largest absolute Gasteiger partial charge is 0.484 e. The van der Waals surface area contributed by atoms with E-state index in [4.69, 9.17) is 16.3 Å². The van der Waals surface area contributed by atoms with Crippen molar-refractivity contribution in [2.24, 2.45) is 0 Å². The van der Waals surface area contributed by atoms with E-state index in [1.54, 1.807) is 54.6 Å². The molecule has 0 saturated carbocycles. The van der Waals surface area contributed by atoms with Crippen molar-refractivity contribution >= 4 is 29.0 Å². The Labute approximate surface area is 160 Å². The molecular formula is C21H15ClFNO3. The molecule has 6 heteroatoms. The van der Waals surface area contributed by atoms with Crippen LogP contribution in [0.1, 0.15) is 15.9 Å². The average Bonchev–Trinajstić information content (AvgIpc) is 2.69. The number of halogens is 2. The number of ether oxygens (including phenoxy) is 1. The first-order valence-electron chi connectivity index (χ1n) is 8.10. The highest BCUT2D eigenvalue weighted by atomic mass is 35.5. The highest BCUT2D eigenvalue weighted by Crippen LogP contribution is 2.17. The van der Waals surface area contributed by atoms with Gasteiger partial charge in [0.05, 0.1) is 5.69 Å². The Morgan fingerprint density at radius 3 is 2.11 bits per heavy atom. The zero-order valence-electron chi connectivity index (χ0n) is 14.1. The fourth-order valence-electron chi connectivity index (χ4n) is 2.37. The summed E-state index contributed by atoms with van der Waals surface area (Å²) in [5, 5.41) is 2.99. The Hall–Kier alpha value is -3.18. The first-order valence-corrected chi connectivity index (χ1v) is 8.48. The van der Waals surface area contributed by atoms with Crippen LogP contribution in [0.15, 0.2) is 72.8 Å². The van der Waals surface area contributed by atoms with E-state index in [-0.39, 0.29) is 18.1 Å². The van der Waals surface area contributed by atoms with Crippen molar-refractivity contribution in [1.29, 1.82) is 0 Å². The van der Waals surface area contributed by atoms with Crippen LogP contribution in [-0.4, -0.2) is 18.3 Å². The van der Waals surface area contributed by atoms with Crippen LogP contribution in [0.3, 0.4) is 0 Å². The Morgan fingerprint density at radius 2 is 1.48 bits per heavy atom. The summed E-state index contributed by atoms with van der Waals surface area (Å²) in [6.45, 7) is -0.279. The molecule has 3 aromatic carbocycles. The Bertz CT molecular complexity index is 956. The van der Waals surface area contributed by atoms with E-state index in [0.717, 1.165) is 0 Å². The van der Waals surface area contributed by atoms with Gasteiger partial charge in [0.1, 0.15) is 11.6 Å². The first-order chi connectivity index (χ1) is 13.0. The van der Waals surface area contributed by atoms with Gasteiger partial charge in [0, 0.05) is 16.1 Å². The number of benzene rings is 3. The normalized spacial score (nSPS) is 10.3. The standard InChI is InChI=1S/C21H15ClFNO3/c22-16-9-5-14(6-10-16)21(26)15-7-11-17(12-8-15)27-13-20(25)24-19-4-2-1-3-18(19)23/h1-12H,13H2,(H,24,25). The molecule has 4 nitrogen and oxygen atoms in total. The van der Waals surface area contributed by atoms with Gasteiger partial charge in [0.15, 0.2) is 12.4 Å². The molecule has 0 unspecified atom stereocenters. The zero-order chi connectivity index (χ0) is 19.2. The minimum Gasteiger partial charge on any atom is -0.484 e. The van der Waals surface area contributed by atoms with Gasteiger partial charge in [-0.15, -0.1) is 0 Å². The fraction of sp³-hybridized carbons (Fsp3) is 0.0476. The maximum Gasteiger partial charge on any atom is 0.262 e. The van der Waals surface area contributed by atoms with Crippen molar-refractivity contribution in [1.82, 2.24) is 0 Å². The molecule has 0 aliphatic rings. The highest BCUT2D eigenvalue weighted by molar-refractivity contribution is 6.30.